The van der Waals surface area contributed by atoms with Crippen LogP contribution in [0.4, 0.5) is 0 Å². The van der Waals surface area contributed by atoms with Gasteiger partial charge in [0.25, 0.3) is 0 Å². The minimum atomic E-state index is -0.933. The van der Waals surface area contributed by atoms with Gasteiger partial charge in [-0.05, 0) is 19.1 Å². The van der Waals surface area contributed by atoms with Crippen LogP contribution in [0.25, 0.3) is 10.9 Å². The topological polar surface area (TPSA) is 51.5 Å². The largest absolute Gasteiger partial charge is 0.493 e. The van der Waals surface area contributed by atoms with Crippen molar-refractivity contribution in [1.29, 1.82) is 0 Å². The second-order valence-electron chi connectivity index (χ2n) is 3.54. The van der Waals surface area contributed by atoms with Crippen LogP contribution in [0, 0.1) is 0 Å². The number of carboxylic acids is 1. The molecule has 0 amide bonds. The van der Waals surface area contributed by atoms with Gasteiger partial charge in [-0.25, -0.2) is 4.79 Å². The van der Waals surface area contributed by atoms with Crippen LogP contribution in [0.15, 0.2) is 24.4 Å². The Hall–Kier alpha value is -1.97. The molecule has 84 valence electrons. The number of rotatable bonds is 3. The van der Waals surface area contributed by atoms with Gasteiger partial charge in [0.05, 0.1) is 23.1 Å². The lowest BCUT2D eigenvalue weighted by molar-refractivity contribution is 0.0698. The fourth-order valence-electron chi connectivity index (χ4n) is 1.85. The van der Waals surface area contributed by atoms with Gasteiger partial charge in [-0.2, -0.15) is 0 Å². The number of aromatic nitrogens is 1. The van der Waals surface area contributed by atoms with Crippen molar-refractivity contribution < 1.29 is 14.6 Å². The van der Waals surface area contributed by atoms with Crippen LogP contribution in [0.1, 0.15) is 17.3 Å². The highest BCUT2D eigenvalue weighted by Crippen LogP contribution is 2.30. The third-order valence-electron chi connectivity index (χ3n) is 2.51. The van der Waals surface area contributed by atoms with Gasteiger partial charge < -0.3 is 14.4 Å². The van der Waals surface area contributed by atoms with Gasteiger partial charge in [0.1, 0.15) is 5.75 Å². The molecule has 0 aliphatic heterocycles. The van der Waals surface area contributed by atoms with E-state index in [9.17, 15) is 4.79 Å². The molecule has 0 radical (unpaired) electrons. The smallest absolute Gasteiger partial charge is 0.338 e. The van der Waals surface area contributed by atoms with E-state index in [1.54, 1.807) is 16.8 Å². The first kappa shape index (κ1) is 10.5. The molecule has 0 unspecified atom stereocenters. The molecule has 16 heavy (non-hydrogen) atoms. The minimum absolute atomic E-state index is 0.279. The molecular formula is C12H13NO3. The zero-order valence-electron chi connectivity index (χ0n) is 9.23. The molecule has 2 rings (SSSR count). The Balaban J connectivity index is 2.77. The molecule has 0 atom stereocenters. The van der Waals surface area contributed by atoms with E-state index in [1.807, 2.05) is 26.1 Å². The molecule has 2 aromatic rings. The first-order valence-corrected chi connectivity index (χ1v) is 5.09. The number of nitrogens with zero attached hydrogens (tertiary/aromatic N) is 1. The molecule has 0 saturated heterocycles. The Morgan fingerprint density at radius 3 is 2.88 bits per heavy atom. The molecular weight excluding hydrogens is 206 g/mol. The highest BCUT2D eigenvalue weighted by Gasteiger charge is 2.16. The van der Waals surface area contributed by atoms with Crippen molar-refractivity contribution in [3.63, 3.8) is 0 Å². The minimum Gasteiger partial charge on any atom is -0.493 e. The number of hydrogen-bond donors (Lipinski definition) is 1. The zero-order valence-corrected chi connectivity index (χ0v) is 9.23. The van der Waals surface area contributed by atoms with E-state index in [1.165, 1.54) is 0 Å². The molecule has 1 aromatic heterocycles. The highest BCUT2D eigenvalue weighted by atomic mass is 16.5. The lowest BCUT2D eigenvalue weighted by Gasteiger charge is -2.05. The number of aryl methyl sites for hydroxylation is 1. The summed E-state index contributed by atoms with van der Waals surface area (Å²) in [4.78, 5) is 11.1. The maximum Gasteiger partial charge on any atom is 0.338 e. The predicted molar refractivity (Wildman–Crippen MR) is 61.0 cm³/mol. The van der Waals surface area contributed by atoms with Gasteiger partial charge in [-0.3, -0.25) is 0 Å². The second-order valence-corrected chi connectivity index (χ2v) is 3.54. The van der Waals surface area contributed by atoms with Crippen LogP contribution >= 0.6 is 0 Å². The summed E-state index contributed by atoms with van der Waals surface area (Å²) in [7, 11) is 1.82. The van der Waals surface area contributed by atoms with Crippen molar-refractivity contribution in [3.05, 3.63) is 30.0 Å². The number of ether oxygens (including phenoxy) is 1. The summed E-state index contributed by atoms with van der Waals surface area (Å²) in [6.45, 7) is 2.40. The van der Waals surface area contributed by atoms with E-state index >= 15 is 0 Å². The Bertz CT molecular complexity index is 542. The number of carboxylic acid groups (broad SMARTS) is 1. The van der Waals surface area contributed by atoms with Gasteiger partial charge in [0, 0.05) is 13.2 Å². The first-order valence-electron chi connectivity index (χ1n) is 5.09. The van der Waals surface area contributed by atoms with Crippen LogP contribution in [-0.2, 0) is 7.05 Å². The van der Waals surface area contributed by atoms with Gasteiger partial charge in [-0.1, -0.05) is 6.07 Å². The SMILES string of the molecule is CCOc1cccc2c1c(C(=O)O)cn2C. The Kier molecular flexibility index (Phi) is 2.56. The summed E-state index contributed by atoms with van der Waals surface area (Å²) in [6, 6.07) is 5.53. The van der Waals surface area contributed by atoms with Crippen LogP contribution < -0.4 is 4.74 Å². The molecule has 0 saturated carbocycles. The molecule has 0 spiro atoms. The normalized spacial score (nSPS) is 10.6. The average molecular weight is 219 g/mol. The Labute approximate surface area is 93.1 Å². The van der Waals surface area contributed by atoms with Crippen molar-refractivity contribution in [2.24, 2.45) is 7.05 Å². The second kappa shape index (κ2) is 3.89. The summed E-state index contributed by atoms with van der Waals surface area (Å²) < 4.78 is 7.24. The lowest BCUT2D eigenvalue weighted by Crippen LogP contribution is -1.97. The van der Waals surface area contributed by atoms with Crippen LogP contribution in [0.5, 0.6) is 5.75 Å². The number of aromatic carboxylic acids is 1. The maximum absolute atomic E-state index is 11.1. The Morgan fingerprint density at radius 1 is 1.50 bits per heavy atom. The van der Waals surface area contributed by atoms with E-state index in [2.05, 4.69) is 0 Å². The van der Waals surface area contributed by atoms with E-state index < -0.39 is 5.97 Å². The third kappa shape index (κ3) is 1.52. The monoisotopic (exact) mass is 219 g/mol. The van der Waals surface area contributed by atoms with E-state index in [4.69, 9.17) is 9.84 Å². The van der Waals surface area contributed by atoms with E-state index in [-0.39, 0.29) is 5.56 Å². The molecule has 0 aliphatic rings. The maximum atomic E-state index is 11.1. The van der Waals surface area contributed by atoms with Gasteiger partial charge in [-0.15, -0.1) is 0 Å². The molecule has 1 aromatic carbocycles. The first-order chi connectivity index (χ1) is 7.65. The van der Waals surface area contributed by atoms with Gasteiger partial charge >= 0.3 is 5.97 Å². The highest BCUT2D eigenvalue weighted by molar-refractivity contribution is 6.06. The molecule has 0 aliphatic carbocycles. The fraction of sp³-hybridized carbons (Fsp3) is 0.250. The fourth-order valence-corrected chi connectivity index (χ4v) is 1.85. The lowest BCUT2D eigenvalue weighted by atomic mass is 10.1. The quantitative estimate of drug-likeness (QED) is 0.861. The molecule has 4 nitrogen and oxygen atoms in total. The predicted octanol–water partition coefficient (Wildman–Crippen LogP) is 2.28. The summed E-state index contributed by atoms with van der Waals surface area (Å²) in [5.74, 6) is -0.309. The van der Waals surface area contributed by atoms with Crippen LogP contribution in [0.3, 0.4) is 0 Å². The third-order valence-corrected chi connectivity index (χ3v) is 2.51. The van der Waals surface area contributed by atoms with Crippen molar-refractivity contribution in [2.75, 3.05) is 6.61 Å². The standard InChI is InChI=1S/C12H13NO3/c1-3-16-10-6-4-5-9-11(10)8(12(14)15)7-13(9)2/h4-7H,3H2,1-2H3,(H,14,15). The zero-order chi connectivity index (χ0) is 11.7. The van der Waals surface area contributed by atoms with Crippen molar-refractivity contribution in [3.8, 4) is 5.75 Å². The summed E-state index contributed by atoms with van der Waals surface area (Å²) >= 11 is 0. The Morgan fingerprint density at radius 2 is 2.25 bits per heavy atom. The number of hydrogen-bond acceptors (Lipinski definition) is 2. The van der Waals surface area contributed by atoms with Crippen molar-refractivity contribution in [2.45, 2.75) is 6.92 Å². The molecule has 4 heteroatoms. The van der Waals surface area contributed by atoms with Crippen LogP contribution in [0.2, 0.25) is 0 Å². The molecule has 1 heterocycles. The van der Waals surface area contributed by atoms with Crippen molar-refractivity contribution in [1.82, 2.24) is 4.57 Å². The van der Waals surface area contributed by atoms with E-state index in [0.29, 0.717) is 17.7 Å². The summed E-state index contributed by atoms with van der Waals surface area (Å²) in [5, 5.41) is 9.79. The number of carbonyl (C=O) groups is 1. The molecule has 0 bridgehead atoms. The van der Waals surface area contributed by atoms with Gasteiger partial charge in [0.2, 0.25) is 0 Å². The average Bonchev–Trinajstić information content (AvgIpc) is 2.58. The summed E-state index contributed by atoms with van der Waals surface area (Å²) in [5.41, 5.74) is 1.14. The number of benzene rings is 1. The van der Waals surface area contributed by atoms with Gasteiger partial charge in [0.15, 0.2) is 0 Å². The summed E-state index contributed by atoms with van der Waals surface area (Å²) in [6.07, 6.45) is 1.61. The molecule has 1 N–H and O–H groups in total. The van der Waals surface area contributed by atoms with Crippen LogP contribution in [-0.4, -0.2) is 22.2 Å². The van der Waals surface area contributed by atoms with E-state index in [0.717, 1.165) is 5.52 Å². The van der Waals surface area contributed by atoms with Crippen molar-refractivity contribution >= 4 is 16.9 Å². The molecule has 0 fully saturated rings. The number of fused-ring (bicyclic) bond motifs is 1.